The molecule has 0 heterocycles. The Hall–Kier alpha value is 0.856. The third-order valence-corrected chi connectivity index (χ3v) is 0. The summed E-state index contributed by atoms with van der Waals surface area (Å²) < 4.78 is 0. The van der Waals surface area contributed by atoms with E-state index in [2.05, 4.69) is 13.5 Å². The number of allylic oxidation sites excluding steroid dienone is 1. The summed E-state index contributed by atoms with van der Waals surface area (Å²) in [7, 11) is 0. The SMILES string of the molecule is C=C[CH2-].[Br-].[Mg+2]. The molecule has 0 N–H and O–H groups in total. The van der Waals surface area contributed by atoms with Crippen LogP contribution >= 0.6 is 0 Å². The molecule has 0 rings (SSSR count). The molecule has 0 aliphatic heterocycles. The molecule has 5 heavy (non-hydrogen) atoms. The number of hydrogen-bond acceptors (Lipinski definition) is 0. The maximum Gasteiger partial charge on any atom is 2.00 e. The molecule has 0 aromatic rings. The van der Waals surface area contributed by atoms with Gasteiger partial charge in [0.25, 0.3) is 0 Å². The van der Waals surface area contributed by atoms with E-state index in [-0.39, 0.29) is 40.0 Å². The summed E-state index contributed by atoms with van der Waals surface area (Å²) in [6.45, 7) is 6.50. The Labute approximate surface area is 59.6 Å². The fourth-order valence-electron chi connectivity index (χ4n) is 0. The van der Waals surface area contributed by atoms with Crippen molar-refractivity contribution in [2.24, 2.45) is 0 Å². The van der Waals surface area contributed by atoms with Crippen LogP contribution in [-0.4, -0.2) is 23.1 Å². The first-order valence-electron chi connectivity index (χ1n) is 0.816. The van der Waals surface area contributed by atoms with Gasteiger partial charge in [0.1, 0.15) is 0 Å². The molecule has 0 radical (unpaired) electrons. The van der Waals surface area contributed by atoms with Crippen molar-refractivity contribution in [3.8, 4) is 0 Å². The maximum atomic E-state index is 3.25. The second-order valence-electron chi connectivity index (χ2n) is 0.289. The van der Waals surface area contributed by atoms with E-state index in [1.165, 1.54) is 6.08 Å². The molecule has 0 saturated heterocycles. The van der Waals surface area contributed by atoms with Gasteiger partial charge >= 0.3 is 23.1 Å². The molecule has 0 aromatic heterocycles. The van der Waals surface area contributed by atoms with Gasteiger partial charge in [-0.3, -0.25) is 0 Å². The first-order valence-corrected chi connectivity index (χ1v) is 0.816. The quantitative estimate of drug-likeness (QED) is 0.264. The van der Waals surface area contributed by atoms with Gasteiger partial charge < -0.3 is 17.0 Å². The first-order chi connectivity index (χ1) is 1.41. The molecule has 0 aliphatic rings. The normalized spacial score (nSPS) is 2.40. The summed E-state index contributed by atoms with van der Waals surface area (Å²) >= 11 is 0. The Bertz CT molecular complexity index is 14.4. The van der Waals surface area contributed by atoms with E-state index in [1.54, 1.807) is 0 Å². The molecule has 0 bridgehead atoms. The predicted octanol–water partition coefficient (Wildman–Crippen LogP) is -2.37. The monoisotopic (exact) mass is 144 g/mol. The van der Waals surface area contributed by atoms with E-state index in [1.807, 2.05) is 0 Å². The van der Waals surface area contributed by atoms with Gasteiger partial charge in [0, 0.05) is 0 Å². The van der Waals surface area contributed by atoms with Gasteiger partial charge in [-0.25, -0.2) is 19.6 Å². The molecule has 2 heteroatoms. The smallest absolute Gasteiger partial charge is 1.00 e. The van der Waals surface area contributed by atoms with Gasteiger partial charge in [0.15, 0.2) is 0 Å². The Balaban J connectivity index is -0.0000000200. The van der Waals surface area contributed by atoms with Crippen LogP contribution in [-0.2, 0) is 0 Å². The van der Waals surface area contributed by atoms with Crippen LogP contribution < -0.4 is 17.0 Å². The summed E-state index contributed by atoms with van der Waals surface area (Å²) in [5.74, 6) is 0. The Morgan fingerprint density at radius 3 is 1.60 bits per heavy atom. The maximum absolute atomic E-state index is 3.25. The summed E-state index contributed by atoms with van der Waals surface area (Å²) in [4.78, 5) is 0. The van der Waals surface area contributed by atoms with Crippen molar-refractivity contribution in [3.05, 3.63) is 19.6 Å². The minimum absolute atomic E-state index is 0. The second-order valence-corrected chi connectivity index (χ2v) is 0.289. The first kappa shape index (κ1) is 16.9. The van der Waals surface area contributed by atoms with Crippen molar-refractivity contribution in [2.45, 2.75) is 0 Å². The average molecular weight is 145 g/mol. The molecular weight excluding hydrogens is 140 g/mol. The zero-order chi connectivity index (χ0) is 2.71. The molecule has 0 aliphatic carbocycles. The molecule has 26 valence electrons. The fourth-order valence-corrected chi connectivity index (χ4v) is 0. The molecule has 0 aromatic carbocycles. The largest absolute Gasteiger partial charge is 2.00 e. The predicted molar refractivity (Wildman–Crippen MR) is 21.3 cm³/mol. The van der Waals surface area contributed by atoms with Crippen LogP contribution in [0.3, 0.4) is 0 Å². The van der Waals surface area contributed by atoms with E-state index in [4.69, 9.17) is 0 Å². The van der Waals surface area contributed by atoms with Crippen LogP contribution in [0.5, 0.6) is 0 Å². The Morgan fingerprint density at radius 1 is 1.60 bits per heavy atom. The minimum Gasteiger partial charge on any atom is -1.00 e. The van der Waals surface area contributed by atoms with E-state index < -0.39 is 0 Å². The van der Waals surface area contributed by atoms with Crippen LogP contribution in [0.2, 0.25) is 0 Å². The van der Waals surface area contributed by atoms with Crippen LogP contribution in [0.1, 0.15) is 0 Å². The summed E-state index contributed by atoms with van der Waals surface area (Å²) in [5.41, 5.74) is 0. The molecule has 0 saturated carbocycles. The molecule has 0 nitrogen and oxygen atoms in total. The summed E-state index contributed by atoms with van der Waals surface area (Å²) in [5, 5.41) is 0. The molecular formula is C3H5BrMg. The third kappa shape index (κ3) is 54.0. The molecule has 0 fully saturated rings. The Morgan fingerprint density at radius 2 is 1.60 bits per heavy atom. The molecule has 0 spiro atoms. The van der Waals surface area contributed by atoms with Gasteiger partial charge in [0.2, 0.25) is 0 Å². The Kier molecular flexibility index (Phi) is 71.0. The summed E-state index contributed by atoms with van der Waals surface area (Å²) in [6.07, 6.45) is 1.50. The summed E-state index contributed by atoms with van der Waals surface area (Å²) in [6, 6.07) is 0. The number of halogens is 1. The van der Waals surface area contributed by atoms with Crippen molar-refractivity contribution in [3.63, 3.8) is 0 Å². The van der Waals surface area contributed by atoms with Crippen molar-refractivity contribution in [2.75, 3.05) is 0 Å². The van der Waals surface area contributed by atoms with Crippen molar-refractivity contribution >= 4 is 23.1 Å². The fraction of sp³-hybridized carbons (Fsp3) is 0. The average Bonchev–Trinajstić information content (AvgIpc) is 0.918. The zero-order valence-corrected chi connectivity index (χ0v) is 6.08. The minimum atomic E-state index is 0. The molecule has 0 atom stereocenters. The third-order valence-electron chi connectivity index (χ3n) is 0. The van der Waals surface area contributed by atoms with E-state index in [0.29, 0.717) is 0 Å². The van der Waals surface area contributed by atoms with Gasteiger partial charge in [0.05, 0.1) is 0 Å². The van der Waals surface area contributed by atoms with E-state index >= 15 is 0 Å². The molecule has 0 amide bonds. The van der Waals surface area contributed by atoms with Crippen molar-refractivity contribution < 1.29 is 17.0 Å². The standard InChI is InChI=1S/C3H5.BrH.Mg/c1-3-2;;/h3H,1-2H2;1H;/q-1;;+2/p-1. The topological polar surface area (TPSA) is 0 Å². The van der Waals surface area contributed by atoms with Crippen molar-refractivity contribution in [1.29, 1.82) is 0 Å². The zero-order valence-electron chi connectivity index (χ0n) is 3.08. The number of hydrogen-bond donors (Lipinski definition) is 0. The van der Waals surface area contributed by atoms with Crippen molar-refractivity contribution in [1.82, 2.24) is 0 Å². The van der Waals surface area contributed by atoms with Gasteiger partial charge in [-0.05, 0) is 0 Å². The van der Waals surface area contributed by atoms with Crippen LogP contribution in [0.4, 0.5) is 0 Å². The van der Waals surface area contributed by atoms with Crippen LogP contribution in [0.25, 0.3) is 0 Å². The van der Waals surface area contributed by atoms with Crippen LogP contribution in [0.15, 0.2) is 12.7 Å². The van der Waals surface area contributed by atoms with E-state index in [9.17, 15) is 0 Å². The van der Waals surface area contributed by atoms with Gasteiger partial charge in [-0.2, -0.15) is 0 Å². The second kappa shape index (κ2) is 21.0. The van der Waals surface area contributed by atoms with E-state index in [0.717, 1.165) is 0 Å². The number of rotatable bonds is 0. The van der Waals surface area contributed by atoms with Gasteiger partial charge in [-0.15, -0.1) is 0 Å². The van der Waals surface area contributed by atoms with Crippen LogP contribution in [0, 0.1) is 6.92 Å². The molecule has 0 unspecified atom stereocenters. The van der Waals surface area contributed by atoms with Gasteiger partial charge in [-0.1, -0.05) is 0 Å².